The molecule has 0 radical (unpaired) electrons. The maximum Gasteiger partial charge on any atom is 0.120 e. The van der Waals surface area contributed by atoms with E-state index in [0.29, 0.717) is 18.2 Å². The zero-order valence-corrected chi connectivity index (χ0v) is 10.0. The van der Waals surface area contributed by atoms with Gasteiger partial charge in [-0.3, -0.25) is 10.9 Å². The molecule has 0 aromatic heterocycles. The smallest absolute Gasteiger partial charge is 0.120 e. The van der Waals surface area contributed by atoms with Crippen LogP contribution in [0.1, 0.15) is 0 Å². The van der Waals surface area contributed by atoms with Crippen molar-refractivity contribution in [2.24, 2.45) is 0 Å². The first-order chi connectivity index (χ1) is 8.22. The van der Waals surface area contributed by atoms with E-state index in [-0.39, 0.29) is 25.4 Å². The fourth-order valence-corrected chi connectivity index (χ4v) is 1.98. The van der Waals surface area contributed by atoms with Crippen LogP contribution < -0.4 is 10.9 Å². The van der Waals surface area contributed by atoms with Gasteiger partial charge in [0.1, 0.15) is 11.0 Å². The highest BCUT2D eigenvalue weighted by Gasteiger charge is 2.28. The van der Waals surface area contributed by atoms with E-state index < -0.39 is 0 Å². The Bertz CT molecular complexity index is 323. The van der Waals surface area contributed by atoms with Crippen LogP contribution in [0.5, 0.6) is 0 Å². The highest BCUT2D eigenvalue weighted by Crippen LogP contribution is 2.16. The van der Waals surface area contributed by atoms with Crippen molar-refractivity contribution in [1.82, 2.24) is 15.8 Å². The highest BCUT2D eigenvalue weighted by atomic mass is 35.5. The average molecular weight is 262 g/mol. The molecule has 2 heterocycles. The fourth-order valence-electron chi connectivity index (χ4n) is 1.87. The third-order valence-corrected chi connectivity index (χ3v) is 2.90. The van der Waals surface area contributed by atoms with E-state index in [1.54, 1.807) is 6.08 Å². The van der Waals surface area contributed by atoms with Crippen LogP contribution in [-0.4, -0.2) is 53.6 Å². The van der Waals surface area contributed by atoms with Gasteiger partial charge in [0.05, 0.1) is 25.4 Å². The zero-order chi connectivity index (χ0) is 12.3. The van der Waals surface area contributed by atoms with Gasteiger partial charge in [0, 0.05) is 13.1 Å². The maximum absolute atomic E-state index is 9.14. The Kier molecular flexibility index (Phi) is 4.11. The second-order valence-electron chi connectivity index (χ2n) is 3.97. The number of halogens is 1. The SMILES string of the molecule is OCC1CN(C2=CC=C(Cl)NN2)C[C@H](CO)O1. The van der Waals surface area contributed by atoms with Crippen molar-refractivity contribution in [3.8, 4) is 0 Å². The number of aliphatic hydroxyl groups is 2. The van der Waals surface area contributed by atoms with Gasteiger partial charge in [0.2, 0.25) is 0 Å². The lowest BCUT2D eigenvalue weighted by Crippen LogP contribution is -2.53. The molecule has 0 aromatic rings. The maximum atomic E-state index is 9.14. The third kappa shape index (κ3) is 3.04. The molecule has 7 heteroatoms. The summed E-state index contributed by atoms with van der Waals surface area (Å²) in [5, 5.41) is 18.8. The van der Waals surface area contributed by atoms with Crippen LogP contribution in [0.3, 0.4) is 0 Å². The summed E-state index contributed by atoms with van der Waals surface area (Å²) in [6, 6.07) is 0. The number of hydrazine groups is 1. The number of allylic oxidation sites excluding steroid dienone is 2. The first-order valence-corrected chi connectivity index (χ1v) is 5.82. The zero-order valence-electron chi connectivity index (χ0n) is 9.27. The number of nitrogens with zero attached hydrogens (tertiary/aromatic N) is 1. The minimum absolute atomic E-state index is 0.0652. The number of morpholine rings is 1. The summed E-state index contributed by atoms with van der Waals surface area (Å²) in [5.41, 5.74) is 5.74. The standard InChI is InChI=1S/C10H16ClN3O3/c11-9-1-2-10(13-12-9)14-3-7(5-15)17-8(4-14)6-16/h1-2,7-8,12-13,15-16H,3-6H2/t7-,8?/m1/s1. The minimum Gasteiger partial charge on any atom is -0.394 e. The Morgan fingerprint density at radius 2 is 1.88 bits per heavy atom. The largest absolute Gasteiger partial charge is 0.394 e. The molecule has 1 saturated heterocycles. The minimum atomic E-state index is -0.287. The fraction of sp³-hybridized carbons (Fsp3) is 0.600. The predicted molar refractivity (Wildman–Crippen MR) is 62.7 cm³/mol. The summed E-state index contributed by atoms with van der Waals surface area (Å²) < 4.78 is 5.47. The van der Waals surface area contributed by atoms with Gasteiger partial charge in [-0.2, -0.15) is 0 Å². The lowest BCUT2D eigenvalue weighted by molar-refractivity contribution is -0.111. The first kappa shape index (κ1) is 12.5. The Morgan fingerprint density at radius 3 is 2.35 bits per heavy atom. The van der Waals surface area contributed by atoms with E-state index in [1.165, 1.54) is 0 Å². The predicted octanol–water partition coefficient (Wildman–Crippen LogP) is -0.930. The molecule has 1 fully saturated rings. The monoisotopic (exact) mass is 261 g/mol. The van der Waals surface area contributed by atoms with Gasteiger partial charge < -0.3 is 19.8 Å². The molecule has 0 aliphatic carbocycles. The van der Waals surface area contributed by atoms with E-state index in [4.69, 9.17) is 26.6 Å². The van der Waals surface area contributed by atoms with Crippen molar-refractivity contribution in [3.05, 3.63) is 23.1 Å². The number of hydrogen-bond acceptors (Lipinski definition) is 6. The Morgan fingerprint density at radius 1 is 1.24 bits per heavy atom. The second-order valence-corrected chi connectivity index (χ2v) is 4.37. The molecule has 0 saturated carbocycles. The lowest BCUT2D eigenvalue weighted by Gasteiger charge is -2.39. The highest BCUT2D eigenvalue weighted by molar-refractivity contribution is 6.29. The van der Waals surface area contributed by atoms with Crippen molar-refractivity contribution in [2.75, 3.05) is 26.3 Å². The summed E-state index contributed by atoms with van der Waals surface area (Å²) in [6.07, 6.45) is 3.01. The van der Waals surface area contributed by atoms with Crippen LogP contribution in [0, 0.1) is 0 Å². The van der Waals surface area contributed by atoms with Gasteiger partial charge in [-0.05, 0) is 12.2 Å². The Hall–Kier alpha value is -0.950. The van der Waals surface area contributed by atoms with Gasteiger partial charge in [0.25, 0.3) is 0 Å². The molecular formula is C10H16ClN3O3. The molecule has 96 valence electrons. The van der Waals surface area contributed by atoms with Crippen molar-refractivity contribution >= 4 is 11.6 Å². The van der Waals surface area contributed by atoms with Crippen LogP contribution >= 0.6 is 11.6 Å². The summed E-state index contributed by atoms with van der Waals surface area (Å²) >= 11 is 5.75. The van der Waals surface area contributed by atoms with Crippen molar-refractivity contribution in [1.29, 1.82) is 0 Å². The summed E-state index contributed by atoms with van der Waals surface area (Å²) in [5.74, 6) is 0.842. The molecule has 1 unspecified atom stereocenters. The lowest BCUT2D eigenvalue weighted by atomic mass is 10.2. The molecule has 0 bridgehead atoms. The van der Waals surface area contributed by atoms with Crippen LogP contribution in [0.2, 0.25) is 0 Å². The molecule has 4 N–H and O–H groups in total. The van der Waals surface area contributed by atoms with Crippen molar-refractivity contribution in [2.45, 2.75) is 12.2 Å². The van der Waals surface area contributed by atoms with E-state index in [9.17, 15) is 0 Å². The quantitative estimate of drug-likeness (QED) is 0.492. The molecule has 0 amide bonds. The average Bonchev–Trinajstić information content (AvgIpc) is 2.39. The molecule has 2 atom stereocenters. The van der Waals surface area contributed by atoms with E-state index in [0.717, 1.165) is 5.82 Å². The van der Waals surface area contributed by atoms with E-state index in [1.807, 2.05) is 11.0 Å². The van der Waals surface area contributed by atoms with Crippen LogP contribution in [0.4, 0.5) is 0 Å². The molecular weight excluding hydrogens is 246 g/mol. The molecule has 0 aromatic carbocycles. The second kappa shape index (κ2) is 5.59. The summed E-state index contributed by atoms with van der Waals surface area (Å²) in [6.45, 7) is 1.01. The number of hydrogen-bond donors (Lipinski definition) is 4. The number of rotatable bonds is 3. The number of ether oxygens (including phenoxy) is 1. The molecule has 6 nitrogen and oxygen atoms in total. The molecule has 2 aliphatic heterocycles. The van der Waals surface area contributed by atoms with Gasteiger partial charge in [-0.15, -0.1) is 0 Å². The number of aliphatic hydroxyl groups excluding tert-OH is 2. The van der Waals surface area contributed by atoms with Gasteiger partial charge >= 0.3 is 0 Å². The molecule has 2 rings (SSSR count). The van der Waals surface area contributed by atoms with Crippen LogP contribution in [0.25, 0.3) is 0 Å². The Labute approximate surface area is 104 Å². The molecule has 0 spiro atoms. The van der Waals surface area contributed by atoms with Crippen molar-refractivity contribution in [3.63, 3.8) is 0 Å². The number of nitrogens with one attached hydrogen (secondary N) is 2. The normalized spacial score (nSPS) is 29.0. The molecule has 2 aliphatic rings. The van der Waals surface area contributed by atoms with Crippen LogP contribution in [0.15, 0.2) is 23.1 Å². The van der Waals surface area contributed by atoms with Crippen molar-refractivity contribution < 1.29 is 14.9 Å². The van der Waals surface area contributed by atoms with Crippen LogP contribution in [-0.2, 0) is 4.74 Å². The Balaban J connectivity index is 2.04. The first-order valence-electron chi connectivity index (χ1n) is 5.44. The van der Waals surface area contributed by atoms with E-state index in [2.05, 4.69) is 10.9 Å². The van der Waals surface area contributed by atoms with Gasteiger partial charge in [-0.1, -0.05) is 11.6 Å². The third-order valence-electron chi connectivity index (χ3n) is 2.68. The van der Waals surface area contributed by atoms with Gasteiger partial charge in [-0.25, -0.2) is 0 Å². The summed E-state index contributed by atoms with van der Waals surface area (Å²) in [7, 11) is 0. The van der Waals surface area contributed by atoms with Gasteiger partial charge in [0.15, 0.2) is 0 Å². The topological polar surface area (TPSA) is 77.0 Å². The summed E-state index contributed by atoms with van der Waals surface area (Å²) in [4.78, 5) is 2.00. The van der Waals surface area contributed by atoms with E-state index >= 15 is 0 Å². The molecule has 17 heavy (non-hydrogen) atoms.